The van der Waals surface area contributed by atoms with Gasteiger partial charge in [0.25, 0.3) is 0 Å². The number of hydrogen-bond acceptors (Lipinski definition) is 2. The molecule has 1 atom stereocenters. The van der Waals surface area contributed by atoms with E-state index in [1.54, 1.807) is 0 Å². The molecule has 2 rings (SSSR count). The molecule has 1 aliphatic heterocycles. The van der Waals surface area contributed by atoms with Crippen LogP contribution in [0.1, 0.15) is 23.6 Å². The average molecular weight is 280 g/mol. The predicted octanol–water partition coefficient (Wildman–Crippen LogP) is 3.53. The standard InChI is InChI=1S/C11H9ClF3NO2/c12-8-2-1-6(11(13,14)15)5-7(8)9-3-4-18-10(17)16-9/h1-2,5,9H,3-4H2,(H,16,17)/t9-/m1/s1. The van der Waals surface area contributed by atoms with E-state index in [0.717, 1.165) is 12.1 Å². The molecule has 1 N–H and O–H groups in total. The molecule has 18 heavy (non-hydrogen) atoms. The van der Waals surface area contributed by atoms with Gasteiger partial charge in [0, 0.05) is 11.4 Å². The first kappa shape index (κ1) is 13.0. The summed E-state index contributed by atoms with van der Waals surface area (Å²) < 4.78 is 42.4. The van der Waals surface area contributed by atoms with Crippen LogP contribution in [0, 0.1) is 0 Å². The number of halogens is 4. The molecule has 1 saturated heterocycles. The molecule has 1 aromatic carbocycles. The number of alkyl halides is 3. The average Bonchev–Trinajstić information content (AvgIpc) is 2.28. The van der Waals surface area contributed by atoms with Gasteiger partial charge in [0.15, 0.2) is 0 Å². The minimum Gasteiger partial charge on any atom is -0.449 e. The van der Waals surface area contributed by atoms with Gasteiger partial charge in [-0.05, 0) is 23.8 Å². The van der Waals surface area contributed by atoms with Gasteiger partial charge in [0.05, 0.1) is 18.2 Å². The number of hydrogen-bond donors (Lipinski definition) is 1. The number of carbonyl (C=O) groups is 1. The quantitative estimate of drug-likeness (QED) is 0.854. The second-order valence-corrected chi connectivity index (χ2v) is 4.26. The fourth-order valence-corrected chi connectivity index (χ4v) is 2.00. The molecular weight excluding hydrogens is 271 g/mol. The number of alkyl carbamates (subject to hydrolysis) is 1. The van der Waals surface area contributed by atoms with Gasteiger partial charge in [-0.25, -0.2) is 4.79 Å². The molecule has 0 aliphatic carbocycles. The van der Waals surface area contributed by atoms with E-state index >= 15 is 0 Å². The number of amides is 1. The number of carbonyl (C=O) groups excluding carboxylic acids is 1. The van der Waals surface area contributed by atoms with Crippen molar-refractivity contribution in [2.24, 2.45) is 0 Å². The summed E-state index contributed by atoms with van der Waals surface area (Å²) >= 11 is 5.87. The largest absolute Gasteiger partial charge is 0.449 e. The van der Waals surface area contributed by atoms with Gasteiger partial charge in [0.1, 0.15) is 0 Å². The van der Waals surface area contributed by atoms with Crippen LogP contribution < -0.4 is 5.32 Å². The minimum atomic E-state index is -4.44. The Morgan fingerprint density at radius 2 is 2.11 bits per heavy atom. The highest BCUT2D eigenvalue weighted by molar-refractivity contribution is 6.31. The summed E-state index contributed by atoms with van der Waals surface area (Å²) in [5.74, 6) is 0. The summed E-state index contributed by atoms with van der Waals surface area (Å²) in [4.78, 5) is 11.0. The van der Waals surface area contributed by atoms with E-state index in [1.807, 2.05) is 0 Å². The van der Waals surface area contributed by atoms with Crippen molar-refractivity contribution in [3.05, 3.63) is 34.3 Å². The van der Waals surface area contributed by atoms with E-state index < -0.39 is 23.9 Å². The van der Waals surface area contributed by atoms with Crippen molar-refractivity contribution in [1.82, 2.24) is 5.32 Å². The van der Waals surface area contributed by atoms with Crippen molar-refractivity contribution < 1.29 is 22.7 Å². The first-order valence-corrected chi connectivity index (χ1v) is 5.55. The lowest BCUT2D eigenvalue weighted by molar-refractivity contribution is -0.137. The van der Waals surface area contributed by atoms with Crippen LogP contribution in [0.5, 0.6) is 0 Å². The van der Waals surface area contributed by atoms with Crippen LogP contribution in [0.2, 0.25) is 5.02 Å². The summed E-state index contributed by atoms with van der Waals surface area (Å²) in [6.07, 6.45) is -4.71. The first-order chi connectivity index (χ1) is 8.38. The molecule has 0 spiro atoms. The molecule has 1 fully saturated rings. The maximum absolute atomic E-state index is 12.6. The lowest BCUT2D eigenvalue weighted by atomic mass is 10.0. The number of cyclic esters (lactones) is 1. The molecule has 0 saturated carbocycles. The smallest absolute Gasteiger partial charge is 0.416 e. The number of rotatable bonds is 1. The fraction of sp³-hybridized carbons (Fsp3) is 0.364. The summed E-state index contributed by atoms with van der Waals surface area (Å²) in [6, 6.07) is 2.49. The normalized spacial score (nSPS) is 20.2. The summed E-state index contributed by atoms with van der Waals surface area (Å²) in [5, 5.41) is 2.63. The third-order valence-electron chi connectivity index (χ3n) is 2.63. The van der Waals surface area contributed by atoms with Crippen molar-refractivity contribution in [3.8, 4) is 0 Å². The zero-order valence-electron chi connectivity index (χ0n) is 9.05. The van der Waals surface area contributed by atoms with E-state index in [4.69, 9.17) is 11.6 Å². The zero-order valence-corrected chi connectivity index (χ0v) is 9.81. The zero-order chi connectivity index (χ0) is 13.3. The molecule has 1 amide bonds. The second kappa shape index (κ2) is 4.68. The Morgan fingerprint density at radius 3 is 2.72 bits per heavy atom. The number of nitrogens with one attached hydrogen (secondary N) is 1. The van der Waals surface area contributed by atoms with E-state index in [-0.39, 0.29) is 17.2 Å². The Bertz CT molecular complexity index is 476. The van der Waals surface area contributed by atoms with Crippen molar-refractivity contribution in [1.29, 1.82) is 0 Å². The topological polar surface area (TPSA) is 38.3 Å². The van der Waals surface area contributed by atoms with Crippen LogP contribution in [0.3, 0.4) is 0 Å². The van der Waals surface area contributed by atoms with Gasteiger partial charge in [-0.15, -0.1) is 0 Å². The summed E-state index contributed by atoms with van der Waals surface area (Å²) in [5.41, 5.74) is -0.536. The van der Waals surface area contributed by atoms with Gasteiger partial charge in [-0.1, -0.05) is 11.6 Å². The van der Waals surface area contributed by atoms with Crippen molar-refractivity contribution in [2.75, 3.05) is 6.61 Å². The van der Waals surface area contributed by atoms with Crippen LogP contribution in [0.25, 0.3) is 0 Å². The first-order valence-electron chi connectivity index (χ1n) is 5.18. The molecule has 7 heteroatoms. The van der Waals surface area contributed by atoms with Gasteiger partial charge < -0.3 is 10.1 Å². The maximum Gasteiger partial charge on any atom is 0.416 e. The molecule has 3 nitrogen and oxygen atoms in total. The van der Waals surface area contributed by atoms with Gasteiger partial charge >= 0.3 is 12.3 Å². The van der Waals surface area contributed by atoms with Crippen LogP contribution in [0.15, 0.2) is 18.2 Å². The van der Waals surface area contributed by atoms with Gasteiger partial charge in [-0.3, -0.25) is 0 Å². The molecule has 0 unspecified atom stereocenters. The van der Waals surface area contributed by atoms with Gasteiger partial charge in [-0.2, -0.15) is 13.2 Å². The number of benzene rings is 1. The van der Waals surface area contributed by atoms with Gasteiger partial charge in [0.2, 0.25) is 0 Å². The highest BCUT2D eigenvalue weighted by Gasteiger charge is 2.32. The molecule has 1 aliphatic rings. The molecule has 0 aromatic heterocycles. The second-order valence-electron chi connectivity index (χ2n) is 3.86. The number of ether oxygens (including phenoxy) is 1. The highest BCUT2D eigenvalue weighted by atomic mass is 35.5. The lowest BCUT2D eigenvalue weighted by Crippen LogP contribution is -2.35. The third kappa shape index (κ3) is 2.69. The predicted molar refractivity (Wildman–Crippen MR) is 58.3 cm³/mol. The van der Waals surface area contributed by atoms with E-state index in [1.165, 1.54) is 6.07 Å². The van der Waals surface area contributed by atoms with E-state index in [9.17, 15) is 18.0 Å². The highest BCUT2D eigenvalue weighted by Crippen LogP contribution is 2.35. The molecule has 1 heterocycles. The van der Waals surface area contributed by atoms with Crippen LogP contribution in [-0.2, 0) is 10.9 Å². The Morgan fingerprint density at radius 1 is 1.39 bits per heavy atom. The minimum absolute atomic E-state index is 0.156. The Labute approximate surface area is 106 Å². The molecule has 1 aromatic rings. The summed E-state index contributed by atoms with van der Waals surface area (Å²) in [6.45, 7) is 0.156. The molecule has 0 bridgehead atoms. The Kier molecular flexibility index (Phi) is 3.38. The van der Waals surface area contributed by atoms with Crippen molar-refractivity contribution in [3.63, 3.8) is 0 Å². The summed E-state index contributed by atoms with van der Waals surface area (Å²) in [7, 11) is 0. The van der Waals surface area contributed by atoms with Crippen LogP contribution in [-0.4, -0.2) is 12.7 Å². The molecule has 0 radical (unpaired) electrons. The van der Waals surface area contributed by atoms with E-state index in [0.29, 0.717) is 6.42 Å². The maximum atomic E-state index is 12.6. The molecule has 98 valence electrons. The lowest BCUT2D eigenvalue weighted by Gasteiger charge is -2.25. The Hall–Kier alpha value is -1.43. The SMILES string of the molecule is O=C1N[C@@H](c2cc(C(F)(F)F)ccc2Cl)CCO1. The third-order valence-corrected chi connectivity index (χ3v) is 2.97. The van der Waals surface area contributed by atoms with Crippen molar-refractivity contribution >= 4 is 17.7 Å². The fourth-order valence-electron chi connectivity index (χ4n) is 1.75. The molecular formula is C11H9ClF3NO2. The monoisotopic (exact) mass is 279 g/mol. The Balaban J connectivity index is 2.34. The van der Waals surface area contributed by atoms with Crippen molar-refractivity contribution in [2.45, 2.75) is 18.6 Å². The van der Waals surface area contributed by atoms with E-state index in [2.05, 4.69) is 10.1 Å². The van der Waals surface area contributed by atoms with Crippen LogP contribution in [0.4, 0.5) is 18.0 Å². The van der Waals surface area contributed by atoms with Crippen LogP contribution >= 0.6 is 11.6 Å².